The quantitative estimate of drug-likeness (QED) is 0.563. The van der Waals surface area contributed by atoms with Gasteiger partial charge in [0.25, 0.3) is 5.56 Å². The molecule has 0 aliphatic heterocycles. The fraction of sp³-hybridized carbons (Fsp3) is 0.667. The van der Waals surface area contributed by atoms with Crippen LogP contribution in [-0.2, 0) is 11.3 Å². The van der Waals surface area contributed by atoms with Gasteiger partial charge in [-0.05, 0) is 6.42 Å². The van der Waals surface area contributed by atoms with Crippen LogP contribution in [0.2, 0.25) is 0 Å². The third-order valence-corrected chi connectivity index (χ3v) is 2.91. The predicted octanol–water partition coefficient (Wildman–Crippen LogP) is -1.03. The Morgan fingerprint density at radius 3 is 2.65 bits per heavy atom. The van der Waals surface area contributed by atoms with Crippen molar-refractivity contribution in [1.29, 1.82) is 0 Å². The van der Waals surface area contributed by atoms with Gasteiger partial charge < -0.3 is 20.5 Å². The molecule has 4 N–H and O–H groups in total. The number of H-pyrrole nitrogens is 1. The van der Waals surface area contributed by atoms with Crippen molar-refractivity contribution >= 4 is 11.5 Å². The molecule has 0 aromatic carbocycles. The molecule has 0 bridgehead atoms. The summed E-state index contributed by atoms with van der Waals surface area (Å²) < 4.78 is 6.30. The van der Waals surface area contributed by atoms with Crippen LogP contribution >= 0.6 is 0 Å². The maximum Gasteiger partial charge on any atom is 0.330 e. The first kappa shape index (κ1) is 16.3. The fourth-order valence-electron chi connectivity index (χ4n) is 1.99. The number of hydrogen-bond acceptors (Lipinski definition) is 6. The molecule has 0 saturated carbocycles. The molecule has 0 spiro atoms. The molecule has 1 rings (SSSR count). The number of nitrogens with one attached hydrogen (secondary N) is 1. The molecule has 8 heteroatoms. The average molecular weight is 286 g/mol. The lowest BCUT2D eigenvalue weighted by atomic mass is 10.3. The van der Waals surface area contributed by atoms with Gasteiger partial charge in [-0.3, -0.25) is 14.3 Å². The van der Waals surface area contributed by atoms with Crippen LogP contribution in [0.3, 0.4) is 0 Å². The third kappa shape index (κ3) is 3.61. The van der Waals surface area contributed by atoms with E-state index >= 15 is 0 Å². The minimum atomic E-state index is -0.551. The van der Waals surface area contributed by atoms with Gasteiger partial charge in [-0.1, -0.05) is 6.92 Å². The highest BCUT2D eigenvalue weighted by atomic mass is 16.5. The summed E-state index contributed by atoms with van der Waals surface area (Å²) in [5.41, 5.74) is 5.08. The van der Waals surface area contributed by atoms with E-state index < -0.39 is 11.2 Å². The number of anilines is 2. The van der Waals surface area contributed by atoms with E-state index in [0.29, 0.717) is 26.1 Å². The van der Waals surface area contributed by atoms with Crippen molar-refractivity contribution in [3.8, 4) is 0 Å². The first-order valence-corrected chi connectivity index (χ1v) is 6.54. The lowest BCUT2D eigenvalue weighted by molar-refractivity contribution is 0.203. The smallest absolute Gasteiger partial charge is 0.330 e. The number of nitrogen functional groups attached to an aromatic ring is 1. The van der Waals surface area contributed by atoms with Gasteiger partial charge in [0, 0.05) is 26.7 Å². The van der Waals surface area contributed by atoms with Crippen molar-refractivity contribution in [2.24, 2.45) is 0 Å². The highest BCUT2D eigenvalue weighted by Crippen LogP contribution is 2.16. The molecule has 0 aliphatic rings. The topological polar surface area (TPSA) is 114 Å². The summed E-state index contributed by atoms with van der Waals surface area (Å²) in [6.45, 7) is 3.22. The van der Waals surface area contributed by atoms with Crippen LogP contribution in [-0.4, -0.2) is 48.1 Å². The van der Waals surface area contributed by atoms with Gasteiger partial charge in [-0.25, -0.2) is 4.79 Å². The van der Waals surface area contributed by atoms with Crippen LogP contribution in [0.1, 0.15) is 13.3 Å². The van der Waals surface area contributed by atoms with E-state index in [4.69, 9.17) is 15.6 Å². The Morgan fingerprint density at radius 1 is 1.40 bits per heavy atom. The monoisotopic (exact) mass is 286 g/mol. The van der Waals surface area contributed by atoms with Gasteiger partial charge in [0.1, 0.15) is 11.5 Å². The molecule has 0 atom stereocenters. The number of aliphatic hydroxyl groups is 1. The van der Waals surface area contributed by atoms with Crippen LogP contribution in [0.15, 0.2) is 9.59 Å². The Hall–Kier alpha value is -1.80. The Bertz CT molecular complexity index is 537. The zero-order chi connectivity index (χ0) is 15.1. The van der Waals surface area contributed by atoms with Crippen molar-refractivity contribution in [2.45, 2.75) is 19.9 Å². The number of ether oxygens (including phenoxy) is 1. The minimum Gasteiger partial charge on any atom is -0.395 e. The molecule has 0 amide bonds. The summed E-state index contributed by atoms with van der Waals surface area (Å²) in [6.07, 6.45) is 0.716. The Balaban J connectivity index is 3.29. The molecule has 0 fully saturated rings. The second kappa shape index (κ2) is 7.71. The molecular weight excluding hydrogens is 264 g/mol. The Labute approximate surface area is 116 Å². The molecule has 20 heavy (non-hydrogen) atoms. The number of aliphatic hydroxyl groups excluding tert-OH is 1. The standard InChI is InChI=1S/C12H22N4O4/c1-3-4-16-10(13)9(11(18)14-12(16)19)15(5-7-17)6-8-20-2/h17H,3-8,13H2,1-2H3,(H,14,18,19). The first-order chi connectivity index (χ1) is 9.56. The molecule has 8 nitrogen and oxygen atoms in total. The fourth-order valence-corrected chi connectivity index (χ4v) is 1.99. The van der Waals surface area contributed by atoms with Gasteiger partial charge >= 0.3 is 5.69 Å². The zero-order valence-electron chi connectivity index (χ0n) is 11.9. The summed E-state index contributed by atoms with van der Waals surface area (Å²) in [4.78, 5) is 27.6. The summed E-state index contributed by atoms with van der Waals surface area (Å²) >= 11 is 0. The molecule has 1 heterocycles. The van der Waals surface area contributed by atoms with Crippen molar-refractivity contribution in [3.63, 3.8) is 0 Å². The molecule has 0 saturated heterocycles. The number of methoxy groups -OCH3 is 1. The van der Waals surface area contributed by atoms with Gasteiger partial charge in [-0.2, -0.15) is 0 Å². The van der Waals surface area contributed by atoms with Crippen LogP contribution < -0.4 is 21.9 Å². The van der Waals surface area contributed by atoms with Crippen molar-refractivity contribution in [3.05, 3.63) is 20.8 Å². The number of nitrogens with two attached hydrogens (primary N) is 1. The van der Waals surface area contributed by atoms with E-state index in [2.05, 4.69) is 4.98 Å². The van der Waals surface area contributed by atoms with Gasteiger partial charge in [0.05, 0.1) is 13.2 Å². The second-order valence-corrected chi connectivity index (χ2v) is 4.35. The zero-order valence-corrected chi connectivity index (χ0v) is 11.9. The summed E-state index contributed by atoms with van der Waals surface area (Å²) in [6, 6.07) is 0. The molecular formula is C12H22N4O4. The number of hydrogen-bond donors (Lipinski definition) is 3. The Morgan fingerprint density at radius 2 is 2.10 bits per heavy atom. The van der Waals surface area contributed by atoms with E-state index in [1.807, 2.05) is 6.92 Å². The lowest BCUT2D eigenvalue weighted by Gasteiger charge is -2.25. The van der Waals surface area contributed by atoms with E-state index in [1.54, 1.807) is 12.0 Å². The van der Waals surface area contributed by atoms with Gasteiger partial charge in [-0.15, -0.1) is 0 Å². The van der Waals surface area contributed by atoms with Crippen LogP contribution in [0.25, 0.3) is 0 Å². The predicted molar refractivity (Wildman–Crippen MR) is 77.2 cm³/mol. The molecule has 0 unspecified atom stereocenters. The largest absolute Gasteiger partial charge is 0.395 e. The van der Waals surface area contributed by atoms with Crippen molar-refractivity contribution in [2.75, 3.05) is 44.0 Å². The number of aromatic amines is 1. The summed E-state index contributed by atoms with van der Waals surface area (Å²) in [5.74, 6) is 0.116. The molecule has 1 aromatic rings. The van der Waals surface area contributed by atoms with E-state index in [-0.39, 0.29) is 24.7 Å². The lowest BCUT2D eigenvalue weighted by Crippen LogP contribution is -2.40. The average Bonchev–Trinajstić information content (AvgIpc) is 2.40. The molecule has 0 radical (unpaired) electrons. The normalized spacial score (nSPS) is 10.8. The van der Waals surface area contributed by atoms with E-state index in [1.165, 1.54) is 4.57 Å². The minimum absolute atomic E-state index is 0.116. The van der Waals surface area contributed by atoms with Crippen molar-refractivity contribution < 1.29 is 9.84 Å². The van der Waals surface area contributed by atoms with Crippen LogP contribution in [0.4, 0.5) is 11.5 Å². The second-order valence-electron chi connectivity index (χ2n) is 4.35. The maximum atomic E-state index is 12.0. The number of aromatic nitrogens is 2. The van der Waals surface area contributed by atoms with Gasteiger partial charge in [0.2, 0.25) is 0 Å². The number of rotatable bonds is 8. The molecule has 114 valence electrons. The van der Waals surface area contributed by atoms with E-state index in [9.17, 15) is 9.59 Å². The SMILES string of the molecule is CCCn1c(N)c(N(CCO)CCOC)c(=O)[nH]c1=O. The van der Waals surface area contributed by atoms with E-state index in [0.717, 1.165) is 0 Å². The number of nitrogens with zero attached hydrogens (tertiary/aromatic N) is 2. The molecule has 0 aliphatic carbocycles. The summed E-state index contributed by atoms with van der Waals surface area (Å²) in [5, 5.41) is 9.10. The van der Waals surface area contributed by atoms with Crippen molar-refractivity contribution in [1.82, 2.24) is 9.55 Å². The van der Waals surface area contributed by atoms with Gasteiger partial charge in [0.15, 0.2) is 0 Å². The first-order valence-electron chi connectivity index (χ1n) is 6.54. The molecule has 1 aromatic heterocycles. The van der Waals surface area contributed by atoms with Crippen LogP contribution in [0.5, 0.6) is 0 Å². The third-order valence-electron chi connectivity index (χ3n) is 2.91. The van der Waals surface area contributed by atoms with Crippen LogP contribution in [0, 0.1) is 0 Å². The Kier molecular flexibility index (Phi) is 6.26. The summed E-state index contributed by atoms with van der Waals surface area (Å²) in [7, 11) is 1.54. The maximum absolute atomic E-state index is 12.0. The highest BCUT2D eigenvalue weighted by molar-refractivity contribution is 5.62. The highest BCUT2D eigenvalue weighted by Gasteiger charge is 2.18.